The summed E-state index contributed by atoms with van der Waals surface area (Å²) in [5.74, 6) is 0.934. The van der Waals surface area contributed by atoms with E-state index in [0.29, 0.717) is 26.0 Å². The highest BCUT2D eigenvalue weighted by atomic mass is 16.5. The number of amides is 1. The van der Waals surface area contributed by atoms with Crippen LogP contribution < -0.4 is 10.1 Å². The third-order valence-corrected chi connectivity index (χ3v) is 4.92. The van der Waals surface area contributed by atoms with E-state index in [4.69, 9.17) is 4.74 Å². The Kier molecular flexibility index (Phi) is 7.28. The van der Waals surface area contributed by atoms with E-state index in [1.165, 1.54) is 37.1 Å². The van der Waals surface area contributed by atoms with Crippen molar-refractivity contribution in [3.05, 3.63) is 65.2 Å². The Bertz CT molecular complexity index is 721. The van der Waals surface area contributed by atoms with Gasteiger partial charge in [-0.05, 0) is 62.5 Å². The van der Waals surface area contributed by atoms with Gasteiger partial charge in [-0.15, -0.1) is 0 Å². The van der Waals surface area contributed by atoms with E-state index in [9.17, 15) is 4.79 Å². The monoisotopic (exact) mass is 366 g/mol. The fraction of sp³-hybridized carbons (Fsp3) is 0.435. The lowest BCUT2D eigenvalue weighted by Gasteiger charge is -2.15. The molecule has 0 aromatic heterocycles. The van der Waals surface area contributed by atoms with Crippen molar-refractivity contribution in [1.82, 2.24) is 10.2 Å². The van der Waals surface area contributed by atoms with Crippen molar-refractivity contribution in [3.8, 4) is 5.75 Å². The molecule has 4 heteroatoms. The number of aryl methyl sites for hydroxylation is 1. The van der Waals surface area contributed by atoms with Crippen LogP contribution in [-0.2, 0) is 17.9 Å². The Balaban J connectivity index is 1.34. The summed E-state index contributed by atoms with van der Waals surface area (Å²) in [7, 11) is 0. The molecule has 3 rings (SSSR count). The zero-order valence-corrected chi connectivity index (χ0v) is 16.2. The van der Waals surface area contributed by atoms with Crippen LogP contribution in [0.3, 0.4) is 0 Å². The van der Waals surface area contributed by atoms with Crippen LogP contribution in [0.5, 0.6) is 5.75 Å². The molecule has 0 bridgehead atoms. The van der Waals surface area contributed by atoms with Crippen molar-refractivity contribution in [2.75, 3.05) is 19.7 Å². The summed E-state index contributed by atoms with van der Waals surface area (Å²) in [6, 6.07) is 16.5. The minimum absolute atomic E-state index is 0.0763. The van der Waals surface area contributed by atoms with E-state index in [-0.39, 0.29) is 5.91 Å². The van der Waals surface area contributed by atoms with E-state index >= 15 is 0 Å². The lowest BCUT2D eigenvalue weighted by Crippen LogP contribution is -2.23. The van der Waals surface area contributed by atoms with Gasteiger partial charge in [0.25, 0.3) is 0 Å². The van der Waals surface area contributed by atoms with Crippen molar-refractivity contribution in [2.45, 2.75) is 45.7 Å². The highest BCUT2D eigenvalue weighted by molar-refractivity contribution is 5.75. The van der Waals surface area contributed by atoms with E-state index in [1.807, 2.05) is 24.3 Å². The summed E-state index contributed by atoms with van der Waals surface area (Å²) in [5, 5.41) is 3.02. The maximum absolute atomic E-state index is 12.1. The van der Waals surface area contributed by atoms with Crippen LogP contribution >= 0.6 is 0 Å². The van der Waals surface area contributed by atoms with Gasteiger partial charge in [0.1, 0.15) is 5.75 Å². The third kappa shape index (κ3) is 6.72. The topological polar surface area (TPSA) is 41.6 Å². The molecule has 0 unspecified atom stereocenters. The van der Waals surface area contributed by atoms with Gasteiger partial charge in [-0.2, -0.15) is 0 Å². The van der Waals surface area contributed by atoms with Crippen LogP contribution in [0.1, 0.15) is 42.4 Å². The molecule has 27 heavy (non-hydrogen) atoms. The Labute approximate surface area is 162 Å². The summed E-state index contributed by atoms with van der Waals surface area (Å²) in [4.78, 5) is 14.6. The van der Waals surface area contributed by atoms with E-state index in [2.05, 4.69) is 41.4 Å². The molecule has 2 aromatic rings. The molecule has 0 saturated carbocycles. The fourth-order valence-electron chi connectivity index (χ4n) is 3.38. The summed E-state index contributed by atoms with van der Waals surface area (Å²) in [5.41, 5.74) is 3.71. The molecule has 1 amide bonds. The smallest absolute Gasteiger partial charge is 0.220 e. The predicted molar refractivity (Wildman–Crippen MR) is 109 cm³/mol. The van der Waals surface area contributed by atoms with Gasteiger partial charge in [0.15, 0.2) is 0 Å². The summed E-state index contributed by atoms with van der Waals surface area (Å²) in [6.45, 7) is 6.61. The SMILES string of the molecule is Cc1ccc(OCCCC(=O)NCc2cccc(CN3CCCC3)c2)cc1. The summed E-state index contributed by atoms with van der Waals surface area (Å²) in [6.07, 6.45) is 3.82. The molecule has 0 spiro atoms. The molecule has 1 N–H and O–H groups in total. The Hall–Kier alpha value is -2.33. The van der Waals surface area contributed by atoms with Crippen molar-refractivity contribution < 1.29 is 9.53 Å². The van der Waals surface area contributed by atoms with Gasteiger partial charge in [0, 0.05) is 19.5 Å². The van der Waals surface area contributed by atoms with Crippen LogP contribution in [0.15, 0.2) is 48.5 Å². The van der Waals surface area contributed by atoms with Gasteiger partial charge in [-0.25, -0.2) is 0 Å². The molecule has 1 aliphatic heterocycles. The van der Waals surface area contributed by atoms with Gasteiger partial charge in [0.2, 0.25) is 5.91 Å². The normalized spacial score (nSPS) is 14.3. The molecular weight excluding hydrogens is 336 g/mol. The second-order valence-electron chi connectivity index (χ2n) is 7.35. The van der Waals surface area contributed by atoms with Crippen LogP contribution in [0, 0.1) is 6.92 Å². The molecule has 2 aromatic carbocycles. The third-order valence-electron chi connectivity index (χ3n) is 4.92. The largest absolute Gasteiger partial charge is 0.494 e. The maximum Gasteiger partial charge on any atom is 0.220 e. The molecule has 4 nitrogen and oxygen atoms in total. The molecular formula is C23H30N2O2. The highest BCUT2D eigenvalue weighted by Crippen LogP contribution is 2.14. The Morgan fingerprint density at radius 2 is 1.81 bits per heavy atom. The average molecular weight is 367 g/mol. The minimum atomic E-state index is 0.0763. The van der Waals surface area contributed by atoms with Crippen LogP contribution in [0.25, 0.3) is 0 Å². The van der Waals surface area contributed by atoms with E-state index < -0.39 is 0 Å². The molecule has 1 aliphatic rings. The first-order valence-electron chi connectivity index (χ1n) is 9.95. The summed E-state index contributed by atoms with van der Waals surface area (Å²) >= 11 is 0. The molecule has 144 valence electrons. The van der Waals surface area contributed by atoms with E-state index in [0.717, 1.165) is 17.9 Å². The number of rotatable bonds is 9. The number of ether oxygens (including phenoxy) is 1. The van der Waals surface area contributed by atoms with Gasteiger partial charge in [0.05, 0.1) is 6.61 Å². The van der Waals surface area contributed by atoms with Gasteiger partial charge < -0.3 is 10.1 Å². The first-order chi connectivity index (χ1) is 13.2. The number of benzene rings is 2. The number of hydrogen-bond acceptors (Lipinski definition) is 3. The molecule has 1 fully saturated rings. The number of carbonyl (C=O) groups is 1. The lowest BCUT2D eigenvalue weighted by molar-refractivity contribution is -0.121. The zero-order chi connectivity index (χ0) is 18.9. The summed E-state index contributed by atoms with van der Waals surface area (Å²) < 4.78 is 5.67. The Morgan fingerprint density at radius 3 is 2.59 bits per heavy atom. The number of nitrogens with one attached hydrogen (secondary N) is 1. The van der Waals surface area contributed by atoms with Crippen molar-refractivity contribution in [1.29, 1.82) is 0 Å². The van der Waals surface area contributed by atoms with Crippen LogP contribution in [0.2, 0.25) is 0 Å². The van der Waals surface area contributed by atoms with Gasteiger partial charge in [-0.1, -0.05) is 42.0 Å². The zero-order valence-electron chi connectivity index (χ0n) is 16.2. The van der Waals surface area contributed by atoms with Crippen molar-refractivity contribution >= 4 is 5.91 Å². The molecule has 1 saturated heterocycles. The fourth-order valence-corrected chi connectivity index (χ4v) is 3.38. The number of nitrogens with zero attached hydrogens (tertiary/aromatic N) is 1. The minimum Gasteiger partial charge on any atom is -0.494 e. The number of likely N-dealkylation sites (tertiary alicyclic amines) is 1. The van der Waals surface area contributed by atoms with Crippen molar-refractivity contribution in [3.63, 3.8) is 0 Å². The Morgan fingerprint density at radius 1 is 1.07 bits per heavy atom. The molecule has 1 heterocycles. The lowest BCUT2D eigenvalue weighted by atomic mass is 10.1. The standard InChI is InChI=1S/C23H30N2O2/c1-19-9-11-22(12-10-19)27-15-5-8-23(26)24-17-20-6-4-7-21(16-20)18-25-13-2-3-14-25/h4,6-7,9-12,16H,2-3,5,8,13-15,17-18H2,1H3,(H,24,26). The number of carbonyl (C=O) groups excluding carboxylic acids is 1. The second-order valence-corrected chi connectivity index (χ2v) is 7.35. The highest BCUT2D eigenvalue weighted by Gasteiger charge is 2.11. The number of hydrogen-bond donors (Lipinski definition) is 1. The second kappa shape index (κ2) is 10.1. The maximum atomic E-state index is 12.1. The quantitative estimate of drug-likeness (QED) is 0.680. The van der Waals surface area contributed by atoms with Crippen LogP contribution in [-0.4, -0.2) is 30.5 Å². The van der Waals surface area contributed by atoms with Gasteiger partial charge >= 0.3 is 0 Å². The first-order valence-corrected chi connectivity index (χ1v) is 9.95. The molecule has 0 aliphatic carbocycles. The van der Waals surface area contributed by atoms with Gasteiger partial charge in [-0.3, -0.25) is 9.69 Å². The average Bonchev–Trinajstić information content (AvgIpc) is 3.18. The molecule has 0 atom stereocenters. The van der Waals surface area contributed by atoms with Crippen molar-refractivity contribution in [2.24, 2.45) is 0 Å². The predicted octanol–water partition coefficient (Wildman–Crippen LogP) is 4.07. The van der Waals surface area contributed by atoms with Crippen LogP contribution in [0.4, 0.5) is 0 Å². The molecule has 0 radical (unpaired) electrons. The van der Waals surface area contributed by atoms with E-state index in [1.54, 1.807) is 0 Å². The first kappa shape index (κ1) is 19.4.